The van der Waals surface area contributed by atoms with Crippen molar-refractivity contribution in [1.29, 1.82) is 0 Å². The molecule has 1 aliphatic rings. The minimum Gasteiger partial charge on any atom is -0.482 e. The Bertz CT molecular complexity index is 1300. The standard InChI is InChI=1S/C25H21N3O3S/c29-22(18-10-11-23-20(14-18)26-24(30)15-31-23)16-32-25-27-19-8-4-5-9-21(19)28(25)13-12-17-6-2-1-3-7-17/h1-11,14H,12-13,15-16H2,(H,26,30). The van der Waals surface area contributed by atoms with Gasteiger partial charge in [-0.2, -0.15) is 0 Å². The smallest absolute Gasteiger partial charge is 0.262 e. The number of ether oxygens (including phenoxy) is 1. The first-order valence-electron chi connectivity index (χ1n) is 10.4. The minimum atomic E-state index is -0.219. The van der Waals surface area contributed by atoms with Crippen molar-refractivity contribution in [2.75, 3.05) is 17.7 Å². The lowest BCUT2D eigenvalue weighted by molar-refractivity contribution is -0.118. The number of nitrogens with one attached hydrogen (secondary N) is 1. The topological polar surface area (TPSA) is 73.2 Å². The van der Waals surface area contributed by atoms with E-state index in [0.29, 0.717) is 17.0 Å². The molecule has 2 heterocycles. The van der Waals surface area contributed by atoms with Crippen molar-refractivity contribution in [2.24, 2.45) is 0 Å². The number of Topliss-reactive ketones (excluding diaryl/α,β-unsaturated/α-hetero) is 1. The Balaban J connectivity index is 1.34. The van der Waals surface area contributed by atoms with Gasteiger partial charge in [-0.15, -0.1) is 0 Å². The van der Waals surface area contributed by atoms with Crippen LogP contribution in [-0.4, -0.2) is 33.6 Å². The Hall–Kier alpha value is -3.58. The monoisotopic (exact) mass is 443 g/mol. The molecule has 0 saturated heterocycles. The summed E-state index contributed by atoms with van der Waals surface area (Å²) in [6.45, 7) is 0.776. The van der Waals surface area contributed by atoms with Crippen LogP contribution in [0.5, 0.6) is 5.75 Å². The van der Waals surface area contributed by atoms with Crippen molar-refractivity contribution in [3.63, 3.8) is 0 Å². The van der Waals surface area contributed by atoms with Crippen molar-refractivity contribution < 1.29 is 14.3 Å². The fourth-order valence-electron chi connectivity index (χ4n) is 3.74. The Morgan fingerprint density at radius 2 is 1.88 bits per heavy atom. The van der Waals surface area contributed by atoms with Crippen LogP contribution in [0.25, 0.3) is 11.0 Å². The lowest BCUT2D eigenvalue weighted by atomic mass is 10.1. The van der Waals surface area contributed by atoms with Gasteiger partial charge in [0.05, 0.1) is 22.5 Å². The van der Waals surface area contributed by atoms with Gasteiger partial charge >= 0.3 is 0 Å². The second-order valence-electron chi connectivity index (χ2n) is 7.53. The maximum atomic E-state index is 12.9. The Morgan fingerprint density at radius 1 is 1.06 bits per heavy atom. The zero-order valence-electron chi connectivity index (χ0n) is 17.3. The summed E-state index contributed by atoms with van der Waals surface area (Å²) in [4.78, 5) is 29.2. The molecule has 0 atom stereocenters. The summed E-state index contributed by atoms with van der Waals surface area (Å²) in [5.41, 5.74) is 4.31. The highest BCUT2D eigenvalue weighted by Crippen LogP contribution is 2.30. The largest absolute Gasteiger partial charge is 0.482 e. The molecule has 5 rings (SSSR count). The average molecular weight is 444 g/mol. The molecule has 1 aromatic heterocycles. The summed E-state index contributed by atoms with van der Waals surface area (Å²) in [6.07, 6.45) is 0.882. The number of anilines is 1. The van der Waals surface area contributed by atoms with Gasteiger partial charge in [0.25, 0.3) is 5.91 Å². The zero-order valence-corrected chi connectivity index (χ0v) is 18.1. The molecular formula is C25H21N3O3S. The third kappa shape index (κ3) is 4.24. The molecule has 6 nitrogen and oxygen atoms in total. The fraction of sp³-hybridized carbons (Fsp3) is 0.160. The second-order valence-corrected chi connectivity index (χ2v) is 8.47. The minimum absolute atomic E-state index is 0.00462. The molecule has 0 saturated carbocycles. The number of ketones is 1. The molecule has 32 heavy (non-hydrogen) atoms. The van der Waals surface area contributed by atoms with Gasteiger partial charge in [0.1, 0.15) is 5.75 Å². The average Bonchev–Trinajstić information content (AvgIpc) is 3.18. The number of thioether (sulfide) groups is 1. The van der Waals surface area contributed by atoms with Gasteiger partial charge in [-0.05, 0) is 42.3 Å². The quantitative estimate of drug-likeness (QED) is 0.334. The lowest BCUT2D eigenvalue weighted by Gasteiger charge is -2.18. The first kappa shape index (κ1) is 20.3. The Morgan fingerprint density at radius 3 is 2.75 bits per heavy atom. The third-order valence-electron chi connectivity index (χ3n) is 5.35. The predicted molar refractivity (Wildman–Crippen MR) is 126 cm³/mol. The van der Waals surface area contributed by atoms with Crippen LogP contribution in [0.3, 0.4) is 0 Å². The molecule has 1 amide bonds. The van der Waals surface area contributed by atoms with Crippen molar-refractivity contribution in [3.05, 3.63) is 83.9 Å². The highest BCUT2D eigenvalue weighted by molar-refractivity contribution is 7.99. The van der Waals surface area contributed by atoms with Gasteiger partial charge in [-0.25, -0.2) is 4.98 Å². The first-order valence-corrected chi connectivity index (χ1v) is 11.4. The van der Waals surface area contributed by atoms with E-state index < -0.39 is 0 Å². The van der Waals surface area contributed by atoms with E-state index in [1.807, 2.05) is 36.4 Å². The first-order chi connectivity index (χ1) is 15.7. The zero-order chi connectivity index (χ0) is 21.9. The number of hydrogen-bond donors (Lipinski definition) is 1. The molecule has 7 heteroatoms. The van der Waals surface area contributed by atoms with E-state index in [9.17, 15) is 9.59 Å². The van der Waals surface area contributed by atoms with Crippen LogP contribution in [-0.2, 0) is 17.8 Å². The fourth-order valence-corrected chi connectivity index (χ4v) is 4.67. The summed E-state index contributed by atoms with van der Waals surface area (Å²) < 4.78 is 7.55. The van der Waals surface area contributed by atoms with E-state index in [0.717, 1.165) is 29.2 Å². The highest BCUT2D eigenvalue weighted by atomic mass is 32.2. The Kier molecular flexibility index (Phi) is 5.64. The number of benzene rings is 3. The molecule has 160 valence electrons. The van der Waals surface area contributed by atoms with Gasteiger partial charge in [-0.1, -0.05) is 54.2 Å². The lowest BCUT2D eigenvalue weighted by Crippen LogP contribution is -2.25. The Labute approximate surface area is 189 Å². The number of hydrogen-bond acceptors (Lipinski definition) is 5. The molecule has 0 unspecified atom stereocenters. The van der Waals surface area contributed by atoms with Gasteiger partial charge in [0.2, 0.25) is 0 Å². The van der Waals surface area contributed by atoms with Crippen molar-refractivity contribution >= 4 is 40.2 Å². The van der Waals surface area contributed by atoms with Gasteiger partial charge < -0.3 is 14.6 Å². The molecule has 0 radical (unpaired) electrons. The molecule has 0 spiro atoms. The van der Waals surface area contributed by atoms with Gasteiger partial charge in [0, 0.05) is 12.1 Å². The van der Waals surface area contributed by atoms with Crippen LogP contribution < -0.4 is 10.1 Å². The summed E-state index contributed by atoms with van der Waals surface area (Å²) >= 11 is 1.43. The normalized spacial score (nSPS) is 12.8. The van der Waals surface area contributed by atoms with Crippen LogP contribution in [0.15, 0.2) is 78.0 Å². The summed E-state index contributed by atoms with van der Waals surface area (Å²) in [6, 6.07) is 23.5. The molecular weight excluding hydrogens is 422 g/mol. The van der Waals surface area contributed by atoms with E-state index in [1.165, 1.54) is 17.3 Å². The van der Waals surface area contributed by atoms with E-state index >= 15 is 0 Å². The molecule has 0 aliphatic carbocycles. The number of amides is 1. The molecule has 0 bridgehead atoms. The third-order valence-corrected chi connectivity index (χ3v) is 6.33. The van der Waals surface area contributed by atoms with Crippen molar-refractivity contribution in [3.8, 4) is 5.75 Å². The highest BCUT2D eigenvalue weighted by Gasteiger charge is 2.19. The number of rotatable bonds is 7. The molecule has 0 fully saturated rings. The van der Waals surface area contributed by atoms with E-state index in [2.05, 4.69) is 28.1 Å². The second kappa shape index (κ2) is 8.88. The van der Waals surface area contributed by atoms with E-state index in [1.54, 1.807) is 18.2 Å². The number of aryl methyl sites for hydroxylation is 2. The number of nitrogens with zero attached hydrogens (tertiary/aromatic N) is 2. The van der Waals surface area contributed by atoms with Crippen LogP contribution in [0.4, 0.5) is 5.69 Å². The summed E-state index contributed by atoms with van der Waals surface area (Å²) in [5, 5.41) is 3.57. The predicted octanol–water partition coefficient (Wildman–Crippen LogP) is 4.58. The SMILES string of the molecule is O=C1COc2ccc(C(=O)CSc3nc4ccccc4n3CCc3ccccc3)cc2N1. The van der Waals surface area contributed by atoms with Gasteiger partial charge in [0.15, 0.2) is 17.5 Å². The van der Waals surface area contributed by atoms with Crippen molar-refractivity contribution in [1.82, 2.24) is 9.55 Å². The van der Waals surface area contributed by atoms with E-state index in [4.69, 9.17) is 9.72 Å². The number of carbonyl (C=O) groups is 2. The summed E-state index contributed by atoms with van der Waals surface area (Å²) in [7, 11) is 0. The summed E-state index contributed by atoms with van der Waals surface area (Å²) in [5.74, 6) is 0.585. The van der Waals surface area contributed by atoms with Crippen LogP contribution >= 0.6 is 11.8 Å². The molecule has 3 aromatic carbocycles. The van der Waals surface area contributed by atoms with Gasteiger partial charge in [-0.3, -0.25) is 9.59 Å². The number of carbonyl (C=O) groups excluding carboxylic acids is 2. The maximum Gasteiger partial charge on any atom is 0.262 e. The van der Waals surface area contributed by atoms with Crippen molar-refractivity contribution in [2.45, 2.75) is 18.1 Å². The number of fused-ring (bicyclic) bond motifs is 2. The maximum absolute atomic E-state index is 12.9. The number of imidazole rings is 1. The number of aromatic nitrogens is 2. The molecule has 1 aliphatic heterocycles. The molecule has 4 aromatic rings. The number of para-hydroxylation sites is 2. The van der Waals surface area contributed by atoms with E-state index in [-0.39, 0.29) is 24.1 Å². The van der Waals surface area contributed by atoms with Crippen LogP contribution in [0.1, 0.15) is 15.9 Å². The molecule has 1 N–H and O–H groups in total. The van der Waals surface area contributed by atoms with Crippen LogP contribution in [0, 0.1) is 0 Å². The van der Waals surface area contributed by atoms with Crippen LogP contribution in [0.2, 0.25) is 0 Å².